The molecule has 0 aliphatic heterocycles. The van der Waals surface area contributed by atoms with Crippen LogP contribution in [0.1, 0.15) is 11.1 Å². The van der Waals surface area contributed by atoms with Crippen LogP contribution in [0.3, 0.4) is 0 Å². The van der Waals surface area contributed by atoms with E-state index in [4.69, 9.17) is 9.47 Å². The molecule has 0 radical (unpaired) electrons. The maximum absolute atomic E-state index is 13.4. The van der Waals surface area contributed by atoms with E-state index in [0.717, 1.165) is 15.4 Å². The van der Waals surface area contributed by atoms with Gasteiger partial charge in [-0.2, -0.15) is 4.31 Å². The van der Waals surface area contributed by atoms with Gasteiger partial charge in [0.15, 0.2) is 0 Å². The molecule has 31 heavy (non-hydrogen) atoms. The van der Waals surface area contributed by atoms with E-state index in [2.05, 4.69) is 0 Å². The molecule has 0 saturated heterocycles. The Hall–Kier alpha value is -3.58. The third-order valence-electron chi connectivity index (χ3n) is 4.60. The van der Waals surface area contributed by atoms with Crippen LogP contribution < -0.4 is 13.8 Å². The minimum absolute atomic E-state index is 0.0279. The largest absolute Gasteiger partial charge is 0.497 e. The van der Waals surface area contributed by atoms with Gasteiger partial charge in [-0.3, -0.25) is 4.79 Å². The van der Waals surface area contributed by atoms with Crippen LogP contribution in [-0.4, -0.2) is 28.5 Å². The van der Waals surface area contributed by atoms with E-state index in [-0.39, 0.29) is 10.6 Å². The van der Waals surface area contributed by atoms with E-state index in [0.29, 0.717) is 11.5 Å². The summed E-state index contributed by atoms with van der Waals surface area (Å²) in [4.78, 5) is 13.1. The second kappa shape index (κ2) is 9.49. The number of carbonyl (C=O) groups excluding carboxylic acids is 1. The number of methoxy groups -OCH3 is 2. The summed E-state index contributed by atoms with van der Waals surface area (Å²) in [5, 5.41) is 0. The normalized spacial score (nSPS) is 11.3. The minimum Gasteiger partial charge on any atom is -0.497 e. The topological polar surface area (TPSA) is 72.9 Å². The Labute approximate surface area is 182 Å². The number of aryl methyl sites for hydroxylation is 1. The maximum atomic E-state index is 13.4. The monoisotopic (exact) mass is 437 g/mol. The number of nitrogens with zero attached hydrogens (tertiary/aromatic N) is 1. The summed E-state index contributed by atoms with van der Waals surface area (Å²) >= 11 is 0. The molecule has 0 aliphatic carbocycles. The number of amides is 1. The molecule has 3 aromatic rings. The molecule has 1 amide bonds. The first-order valence-corrected chi connectivity index (χ1v) is 10.9. The molecular weight excluding hydrogens is 414 g/mol. The van der Waals surface area contributed by atoms with Crippen LogP contribution in [0.4, 0.5) is 5.69 Å². The lowest BCUT2D eigenvalue weighted by atomic mass is 10.2. The van der Waals surface area contributed by atoms with Crippen molar-refractivity contribution < 1.29 is 22.7 Å². The highest BCUT2D eigenvalue weighted by atomic mass is 32.2. The zero-order valence-corrected chi connectivity index (χ0v) is 18.3. The van der Waals surface area contributed by atoms with Gasteiger partial charge in [0.05, 0.1) is 24.8 Å². The van der Waals surface area contributed by atoms with Crippen molar-refractivity contribution in [1.29, 1.82) is 0 Å². The minimum atomic E-state index is -4.13. The maximum Gasteiger partial charge on any atom is 0.271 e. The highest BCUT2D eigenvalue weighted by molar-refractivity contribution is 7.93. The molecule has 0 heterocycles. The second-order valence-corrected chi connectivity index (χ2v) is 8.51. The number of sulfonamides is 1. The molecule has 6 nitrogen and oxygen atoms in total. The average Bonchev–Trinajstić information content (AvgIpc) is 2.79. The average molecular weight is 438 g/mol. The van der Waals surface area contributed by atoms with E-state index in [1.165, 1.54) is 37.5 Å². The predicted octanol–water partition coefficient (Wildman–Crippen LogP) is 4.45. The van der Waals surface area contributed by atoms with Crippen LogP contribution in [-0.2, 0) is 14.8 Å². The number of anilines is 1. The first-order chi connectivity index (χ1) is 14.8. The molecular formula is C24H23NO5S. The van der Waals surface area contributed by atoms with Gasteiger partial charge in [0.25, 0.3) is 15.9 Å². The first-order valence-electron chi connectivity index (χ1n) is 9.47. The molecule has 0 aromatic heterocycles. The Bertz CT molecular complexity index is 1170. The summed E-state index contributed by atoms with van der Waals surface area (Å²) in [6.45, 7) is 1.86. The van der Waals surface area contributed by atoms with Gasteiger partial charge in [-0.05, 0) is 67.1 Å². The molecule has 7 heteroatoms. The highest BCUT2D eigenvalue weighted by Crippen LogP contribution is 2.27. The van der Waals surface area contributed by atoms with Gasteiger partial charge in [-0.25, -0.2) is 8.42 Å². The van der Waals surface area contributed by atoms with Crippen molar-refractivity contribution in [2.24, 2.45) is 0 Å². The van der Waals surface area contributed by atoms with Crippen LogP contribution in [0.15, 0.2) is 83.8 Å². The number of benzene rings is 3. The molecule has 3 rings (SSSR count). The van der Waals surface area contributed by atoms with Crippen molar-refractivity contribution in [3.63, 3.8) is 0 Å². The Morgan fingerprint density at radius 3 is 1.84 bits per heavy atom. The van der Waals surface area contributed by atoms with Crippen molar-refractivity contribution in [3.8, 4) is 11.5 Å². The van der Waals surface area contributed by atoms with Gasteiger partial charge >= 0.3 is 0 Å². The lowest BCUT2D eigenvalue weighted by Gasteiger charge is -2.21. The quantitative estimate of drug-likeness (QED) is 0.511. The van der Waals surface area contributed by atoms with E-state index >= 15 is 0 Å². The smallest absolute Gasteiger partial charge is 0.271 e. The van der Waals surface area contributed by atoms with Gasteiger partial charge in [0.1, 0.15) is 11.5 Å². The van der Waals surface area contributed by atoms with Crippen LogP contribution in [0, 0.1) is 6.92 Å². The first kappa shape index (κ1) is 22.1. The summed E-state index contributed by atoms with van der Waals surface area (Å²) in [5.41, 5.74) is 1.86. The van der Waals surface area contributed by atoms with Gasteiger partial charge in [0, 0.05) is 6.08 Å². The number of hydrogen-bond donors (Lipinski definition) is 0. The van der Waals surface area contributed by atoms with E-state index < -0.39 is 15.9 Å². The molecule has 3 aromatic carbocycles. The fourth-order valence-electron chi connectivity index (χ4n) is 2.87. The summed E-state index contributed by atoms with van der Waals surface area (Å²) in [7, 11) is -1.05. The fraction of sp³-hybridized carbons (Fsp3) is 0.125. The molecule has 0 spiro atoms. The van der Waals surface area contributed by atoms with Gasteiger partial charge < -0.3 is 9.47 Å². The summed E-state index contributed by atoms with van der Waals surface area (Å²) in [6, 6.07) is 19.7. The Morgan fingerprint density at radius 1 is 0.806 bits per heavy atom. The zero-order chi connectivity index (χ0) is 22.4. The highest BCUT2D eigenvalue weighted by Gasteiger charge is 2.29. The Kier molecular flexibility index (Phi) is 6.77. The van der Waals surface area contributed by atoms with Crippen molar-refractivity contribution in [1.82, 2.24) is 0 Å². The molecule has 0 saturated carbocycles. The van der Waals surface area contributed by atoms with Crippen LogP contribution in [0.25, 0.3) is 6.08 Å². The molecule has 0 N–H and O–H groups in total. The third-order valence-corrected chi connectivity index (χ3v) is 6.34. The number of ether oxygens (including phenoxy) is 2. The van der Waals surface area contributed by atoms with Crippen molar-refractivity contribution in [2.45, 2.75) is 11.8 Å². The summed E-state index contributed by atoms with van der Waals surface area (Å²) in [5.74, 6) is 0.546. The lowest BCUT2D eigenvalue weighted by molar-refractivity contribution is -0.113. The zero-order valence-electron chi connectivity index (χ0n) is 17.5. The molecule has 160 valence electrons. The van der Waals surface area contributed by atoms with E-state index in [9.17, 15) is 13.2 Å². The van der Waals surface area contributed by atoms with Gasteiger partial charge in [-0.1, -0.05) is 29.8 Å². The molecule has 0 aliphatic rings. The summed E-state index contributed by atoms with van der Waals surface area (Å²) in [6.07, 6.45) is 2.79. The van der Waals surface area contributed by atoms with Gasteiger partial charge in [-0.15, -0.1) is 0 Å². The van der Waals surface area contributed by atoms with Crippen molar-refractivity contribution >= 4 is 27.7 Å². The number of carbonyl (C=O) groups is 1. The Morgan fingerprint density at radius 2 is 1.32 bits per heavy atom. The molecule has 0 atom stereocenters. The predicted molar refractivity (Wildman–Crippen MR) is 121 cm³/mol. The van der Waals surface area contributed by atoms with Gasteiger partial charge in [0.2, 0.25) is 0 Å². The van der Waals surface area contributed by atoms with Crippen LogP contribution in [0.5, 0.6) is 11.5 Å². The second-order valence-electron chi connectivity index (χ2n) is 6.73. The molecule has 0 unspecified atom stereocenters. The molecule has 0 bridgehead atoms. The van der Waals surface area contributed by atoms with Crippen LogP contribution in [0.2, 0.25) is 0 Å². The standard InChI is InChI=1S/C24H23NO5S/c1-18-4-15-23(16-5-18)31(27,28)25(20-9-13-22(30-3)14-10-20)24(26)17-8-19-6-11-21(29-2)12-7-19/h4-17H,1-3H3/b17-8+. The number of hydrogen-bond acceptors (Lipinski definition) is 5. The third kappa shape index (κ3) is 5.13. The fourth-order valence-corrected chi connectivity index (χ4v) is 4.26. The van der Waals surface area contributed by atoms with E-state index in [1.807, 2.05) is 6.92 Å². The lowest BCUT2D eigenvalue weighted by Crippen LogP contribution is -2.35. The molecule has 0 fully saturated rings. The Balaban J connectivity index is 2.00. The SMILES string of the molecule is COc1ccc(/C=C/C(=O)N(c2ccc(OC)cc2)S(=O)(=O)c2ccc(C)cc2)cc1. The number of rotatable bonds is 7. The van der Waals surface area contributed by atoms with Crippen molar-refractivity contribution in [2.75, 3.05) is 18.5 Å². The van der Waals surface area contributed by atoms with Crippen molar-refractivity contribution in [3.05, 3.63) is 90.0 Å². The van der Waals surface area contributed by atoms with Crippen LogP contribution >= 0.6 is 0 Å². The van der Waals surface area contributed by atoms with E-state index in [1.54, 1.807) is 61.7 Å². The summed E-state index contributed by atoms with van der Waals surface area (Å²) < 4.78 is 37.8.